The quantitative estimate of drug-likeness (QED) is 0.489. The van der Waals surface area contributed by atoms with Crippen molar-refractivity contribution in [1.82, 2.24) is 0 Å². The Bertz CT molecular complexity index is 803. The highest BCUT2D eigenvalue weighted by atomic mass is 16.5. The number of hydrogen-bond donors (Lipinski definition) is 0. The zero-order valence-corrected chi connectivity index (χ0v) is 14.0. The second-order valence-electron chi connectivity index (χ2n) is 5.50. The number of carbonyl (C=O) groups excluding carboxylic acids is 3. The number of aryl methyl sites for hydroxylation is 2. The summed E-state index contributed by atoms with van der Waals surface area (Å²) in [5, 5.41) is 0. The molecule has 0 heterocycles. The second-order valence-corrected chi connectivity index (χ2v) is 5.50. The molecule has 0 saturated carbocycles. The van der Waals surface area contributed by atoms with Crippen LogP contribution < -0.4 is 9.47 Å². The van der Waals surface area contributed by atoms with Gasteiger partial charge in [0.15, 0.2) is 5.78 Å². The largest absolute Gasteiger partial charge is 0.427 e. The van der Waals surface area contributed by atoms with Crippen molar-refractivity contribution >= 4 is 17.7 Å². The summed E-state index contributed by atoms with van der Waals surface area (Å²) in [6.45, 7) is 6.25. The van der Waals surface area contributed by atoms with E-state index in [1.807, 2.05) is 13.0 Å². The molecule has 0 unspecified atom stereocenters. The molecular formula is C19H18O5. The van der Waals surface area contributed by atoms with E-state index in [1.165, 1.54) is 13.8 Å². The Labute approximate surface area is 140 Å². The molecule has 0 bridgehead atoms. The fourth-order valence-electron chi connectivity index (χ4n) is 2.40. The average molecular weight is 326 g/mol. The number of rotatable bonds is 4. The number of esters is 2. The zero-order valence-electron chi connectivity index (χ0n) is 14.0. The van der Waals surface area contributed by atoms with Crippen LogP contribution in [0.25, 0.3) is 0 Å². The van der Waals surface area contributed by atoms with Crippen LogP contribution in [0, 0.1) is 13.8 Å². The van der Waals surface area contributed by atoms with Crippen molar-refractivity contribution in [1.29, 1.82) is 0 Å². The lowest BCUT2D eigenvalue weighted by Gasteiger charge is -2.13. The molecule has 5 nitrogen and oxygen atoms in total. The predicted molar refractivity (Wildman–Crippen MR) is 88.4 cm³/mol. The molecule has 0 atom stereocenters. The van der Waals surface area contributed by atoms with Gasteiger partial charge in [0.05, 0.1) is 5.56 Å². The minimum Gasteiger partial charge on any atom is -0.427 e. The predicted octanol–water partition coefficient (Wildman–Crippen LogP) is 3.39. The summed E-state index contributed by atoms with van der Waals surface area (Å²) >= 11 is 0. The Balaban J connectivity index is 2.41. The number of ether oxygens (including phenoxy) is 2. The Morgan fingerprint density at radius 2 is 1.42 bits per heavy atom. The second kappa shape index (κ2) is 7.08. The smallest absolute Gasteiger partial charge is 0.308 e. The van der Waals surface area contributed by atoms with Crippen LogP contribution in [0.15, 0.2) is 36.4 Å². The SMILES string of the molecule is CC(=O)Oc1ccc(C(=O)c2cc(C)cc(C)c2OC(C)=O)cc1. The van der Waals surface area contributed by atoms with Crippen molar-refractivity contribution in [3.05, 3.63) is 58.7 Å². The lowest BCUT2D eigenvalue weighted by atomic mass is 9.98. The summed E-state index contributed by atoms with van der Waals surface area (Å²) in [6, 6.07) is 9.75. The first-order valence-electron chi connectivity index (χ1n) is 7.40. The van der Waals surface area contributed by atoms with Crippen LogP contribution in [-0.2, 0) is 9.59 Å². The van der Waals surface area contributed by atoms with Gasteiger partial charge in [0.25, 0.3) is 0 Å². The van der Waals surface area contributed by atoms with Gasteiger partial charge in [0, 0.05) is 19.4 Å². The number of carbonyl (C=O) groups is 3. The maximum Gasteiger partial charge on any atom is 0.308 e. The van der Waals surface area contributed by atoms with Gasteiger partial charge in [-0.05, 0) is 55.3 Å². The van der Waals surface area contributed by atoms with Crippen LogP contribution in [0.5, 0.6) is 11.5 Å². The van der Waals surface area contributed by atoms with E-state index in [0.717, 1.165) is 5.56 Å². The molecular weight excluding hydrogens is 308 g/mol. The fourth-order valence-corrected chi connectivity index (χ4v) is 2.40. The highest BCUT2D eigenvalue weighted by Gasteiger charge is 2.19. The minimum absolute atomic E-state index is 0.266. The van der Waals surface area contributed by atoms with Crippen LogP contribution in [0.1, 0.15) is 40.9 Å². The summed E-state index contributed by atoms with van der Waals surface area (Å²) < 4.78 is 10.2. The molecule has 2 rings (SSSR count). The van der Waals surface area contributed by atoms with E-state index in [2.05, 4.69) is 0 Å². The van der Waals surface area contributed by atoms with Gasteiger partial charge in [-0.2, -0.15) is 0 Å². The molecule has 124 valence electrons. The van der Waals surface area contributed by atoms with Crippen molar-refractivity contribution in [2.24, 2.45) is 0 Å². The first kappa shape index (κ1) is 17.4. The molecule has 2 aromatic carbocycles. The first-order valence-corrected chi connectivity index (χ1v) is 7.40. The van der Waals surface area contributed by atoms with Crippen LogP contribution in [0.2, 0.25) is 0 Å². The standard InChI is InChI=1S/C19H18O5/c1-11-9-12(2)19(24-14(4)21)17(10-11)18(22)15-5-7-16(8-6-15)23-13(3)20/h5-10H,1-4H3. The van der Waals surface area contributed by atoms with Crippen molar-refractivity contribution < 1.29 is 23.9 Å². The van der Waals surface area contributed by atoms with E-state index in [-0.39, 0.29) is 11.5 Å². The average Bonchev–Trinajstić information content (AvgIpc) is 2.49. The third-order valence-electron chi connectivity index (χ3n) is 3.29. The Hall–Kier alpha value is -2.95. The molecule has 0 N–H and O–H groups in total. The zero-order chi connectivity index (χ0) is 17.9. The Morgan fingerprint density at radius 3 is 1.96 bits per heavy atom. The topological polar surface area (TPSA) is 69.7 Å². The van der Waals surface area contributed by atoms with E-state index in [9.17, 15) is 14.4 Å². The highest BCUT2D eigenvalue weighted by Crippen LogP contribution is 2.28. The molecule has 0 fully saturated rings. The van der Waals surface area contributed by atoms with Crippen LogP contribution in [0.3, 0.4) is 0 Å². The fraction of sp³-hybridized carbons (Fsp3) is 0.211. The van der Waals surface area contributed by atoms with E-state index in [0.29, 0.717) is 22.4 Å². The summed E-state index contributed by atoms with van der Waals surface area (Å²) in [5.74, 6) is -0.559. The molecule has 24 heavy (non-hydrogen) atoms. The van der Waals surface area contributed by atoms with Crippen molar-refractivity contribution in [2.75, 3.05) is 0 Å². The molecule has 0 spiro atoms. The molecule has 0 aromatic heterocycles. The van der Waals surface area contributed by atoms with Crippen LogP contribution in [0.4, 0.5) is 0 Å². The van der Waals surface area contributed by atoms with Crippen LogP contribution in [-0.4, -0.2) is 17.7 Å². The van der Waals surface area contributed by atoms with Gasteiger partial charge in [0.1, 0.15) is 11.5 Å². The molecule has 5 heteroatoms. The van der Waals surface area contributed by atoms with Gasteiger partial charge in [-0.15, -0.1) is 0 Å². The van der Waals surface area contributed by atoms with E-state index >= 15 is 0 Å². The maximum absolute atomic E-state index is 12.8. The van der Waals surface area contributed by atoms with E-state index in [1.54, 1.807) is 37.3 Å². The van der Waals surface area contributed by atoms with Gasteiger partial charge in [0.2, 0.25) is 0 Å². The minimum atomic E-state index is -0.485. The Kier molecular flexibility index (Phi) is 5.14. The third kappa shape index (κ3) is 4.07. The summed E-state index contributed by atoms with van der Waals surface area (Å²) in [6.07, 6.45) is 0. The van der Waals surface area contributed by atoms with Gasteiger partial charge >= 0.3 is 11.9 Å². The molecule has 0 aliphatic heterocycles. The number of benzene rings is 2. The van der Waals surface area contributed by atoms with E-state index in [4.69, 9.17) is 9.47 Å². The molecule has 0 aliphatic rings. The lowest BCUT2D eigenvalue weighted by molar-refractivity contribution is -0.132. The third-order valence-corrected chi connectivity index (χ3v) is 3.29. The lowest BCUT2D eigenvalue weighted by Crippen LogP contribution is -2.10. The summed E-state index contributed by atoms with van der Waals surface area (Å²) in [7, 11) is 0. The summed E-state index contributed by atoms with van der Waals surface area (Å²) in [5.41, 5.74) is 2.33. The molecule has 0 radical (unpaired) electrons. The Morgan fingerprint density at radius 1 is 0.833 bits per heavy atom. The van der Waals surface area contributed by atoms with Crippen LogP contribution >= 0.6 is 0 Å². The molecule has 0 aliphatic carbocycles. The highest BCUT2D eigenvalue weighted by molar-refractivity contribution is 6.11. The van der Waals surface area contributed by atoms with Gasteiger partial charge in [-0.25, -0.2) is 0 Å². The van der Waals surface area contributed by atoms with Crippen molar-refractivity contribution in [3.63, 3.8) is 0 Å². The molecule has 0 amide bonds. The normalized spacial score (nSPS) is 10.2. The van der Waals surface area contributed by atoms with Gasteiger partial charge in [-0.3, -0.25) is 14.4 Å². The number of ketones is 1. The van der Waals surface area contributed by atoms with Crippen molar-refractivity contribution in [2.45, 2.75) is 27.7 Å². The number of hydrogen-bond acceptors (Lipinski definition) is 5. The van der Waals surface area contributed by atoms with Crippen molar-refractivity contribution in [3.8, 4) is 11.5 Å². The van der Waals surface area contributed by atoms with Gasteiger partial charge < -0.3 is 9.47 Å². The van der Waals surface area contributed by atoms with E-state index < -0.39 is 11.9 Å². The monoisotopic (exact) mass is 326 g/mol. The molecule has 0 saturated heterocycles. The maximum atomic E-state index is 12.8. The van der Waals surface area contributed by atoms with Gasteiger partial charge in [-0.1, -0.05) is 6.07 Å². The summed E-state index contributed by atoms with van der Waals surface area (Å²) in [4.78, 5) is 35.1. The molecule has 2 aromatic rings. The first-order chi connectivity index (χ1) is 11.3.